The van der Waals surface area contributed by atoms with E-state index in [1.54, 1.807) is 12.1 Å². The highest BCUT2D eigenvalue weighted by molar-refractivity contribution is 5.77. The minimum atomic E-state index is -4.30. The molecule has 3 aromatic carbocycles. The van der Waals surface area contributed by atoms with Crippen molar-refractivity contribution >= 4 is 0 Å². The first-order chi connectivity index (χ1) is 13.0. The minimum Gasteiger partial charge on any atom is -0.166 e. The maximum atomic E-state index is 12.8. The van der Waals surface area contributed by atoms with Gasteiger partial charge in [-0.3, -0.25) is 0 Å². The van der Waals surface area contributed by atoms with Crippen molar-refractivity contribution in [2.45, 2.75) is 38.8 Å². The summed E-state index contributed by atoms with van der Waals surface area (Å²) >= 11 is 0. The molecule has 27 heavy (non-hydrogen) atoms. The Bertz CT molecular complexity index is 966. The molecule has 0 aromatic heterocycles. The highest BCUT2D eigenvalue weighted by atomic mass is 19.4. The smallest absolute Gasteiger partial charge is 0.166 e. The zero-order valence-corrected chi connectivity index (χ0v) is 15.2. The molecule has 0 fully saturated rings. The molecular formula is C24H21F3. The monoisotopic (exact) mass is 366 g/mol. The molecule has 0 unspecified atom stereocenters. The summed E-state index contributed by atoms with van der Waals surface area (Å²) in [6, 6.07) is 18.4. The number of alkyl halides is 3. The summed E-state index contributed by atoms with van der Waals surface area (Å²) in [6.45, 7) is 2.19. The van der Waals surface area contributed by atoms with Crippen LogP contribution in [0.4, 0.5) is 13.2 Å². The van der Waals surface area contributed by atoms with Gasteiger partial charge in [0.2, 0.25) is 0 Å². The highest BCUT2D eigenvalue weighted by Gasteiger charge is 2.30. The maximum Gasteiger partial charge on any atom is 0.416 e. The Morgan fingerprint density at radius 2 is 1.33 bits per heavy atom. The zero-order valence-electron chi connectivity index (χ0n) is 15.2. The van der Waals surface area contributed by atoms with Crippen LogP contribution in [0.1, 0.15) is 35.6 Å². The van der Waals surface area contributed by atoms with Gasteiger partial charge in [0, 0.05) is 0 Å². The van der Waals surface area contributed by atoms with E-state index in [0.717, 1.165) is 48.9 Å². The molecule has 0 N–H and O–H groups in total. The minimum absolute atomic E-state index is 0.610. The Hall–Kier alpha value is -2.55. The molecule has 1 aliphatic carbocycles. The summed E-state index contributed by atoms with van der Waals surface area (Å²) in [5.74, 6) is 0. The van der Waals surface area contributed by atoms with E-state index in [1.165, 1.54) is 27.8 Å². The molecule has 0 saturated heterocycles. The Labute approximate surface area is 157 Å². The van der Waals surface area contributed by atoms with Crippen molar-refractivity contribution in [3.05, 3.63) is 82.9 Å². The molecule has 0 aliphatic heterocycles. The number of fused-ring (bicyclic) bond motifs is 3. The van der Waals surface area contributed by atoms with Crippen molar-refractivity contribution in [1.29, 1.82) is 0 Å². The largest absolute Gasteiger partial charge is 0.416 e. The second-order valence-corrected chi connectivity index (χ2v) is 7.19. The molecule has 0 amide bonds. The lowest BCUT2D eigenvalue weighted by molar-refractivity contribution is -0.137. The van der Waals surface area contributed by atoms with Crippen molar-refractivity contribution in [2.24, 2.45) is 0 Å². The Balaban J connectivity index is 1.67. The van der Waals surface area contributed by atoms with E-state index in [1.807, 2.05) is 6.07 Å². The van der Waals surface area contributed by atoms with Gasteiger partial charge < -0.3 is 0 Å². The summed E-state index contributed by atoms with van der Waals surface area (Å²) in [5.41, 5.74) is 7.76. The fourth-order valence-electron chi connectivity index (χ4n) is 3.92. The fourth-order valence-corrected chi connectivity index (χ4v) is 3.92. The summed E-state index contributed by atoms with van der Waals surface area (Å²) in [5, 5.41) is 0. The standard InChI is InChI=1S/C24H21F3/c1-2-3-16-4-12-22-19(14-16)5-6-20-15-18(9-13-23(20)22)17-7-10-21(11-8-17)24(25,26)27/h4,7-15H,2-3,5-6H2,1H3. The van der Waals surface area contributed by atoms with Crippen LogP contribution < -0.4 is 0 Å². The third-order valence-electron chi connectivity index (χ3n) is 5.31. The van der Waals surface area contributed by atoms with E-state index in [0.29, 0.717) is 0 Å². The van der Waals surface area contributed by atoms with Crippen LogP contribution in [-0.4, -0.2) is 0 Å². The van der Waals surface area contributed by atoms with Crippen molar-refractivity contribution in [1.82, 2.24) is 0 Å². The summed E-state index contributed by atoms with van der Waals surface area (Å²) < 4.78 is 38.3. The van der Waals surface area contributed by atoms with Crippen molar-refractivity contribution < 1.29 is 13.2 Å². The number of benzene rings is 3. The average Bonchev–Trinajstić information content (AvgIpc) is 2.67. The van der Waals surface area contributed by atoms with Gasteiger partial charge in [-0.05, 0) is 70.3 Å². The third-order valence-corrected chi connectivity index (χ3v) is 5.31. The Morgan fingerprint density at radius 1 is 0.741 bits per heavy atom. The van der Waals surface area contributed by atoms with Crippen molar-refractivity contribution in [3.63, 3.8) is 0 Å². The summed E-state index contributed by atoms with van der Waals surface area (Å²) in [7, 11) is 0. The van der Waals surface area contributed by atoms with Gasteiger partial charge in [-0.25, -0.2) is 0 Å². The molecule has 3 aromatic rings. The van der Waals surface area contributed by atoms with E-state index >= 15 is 0 Å². The first-order valence-electron chi connectivity index (χ1n) is 9.38. The number of halogens is 3. The van der Waals surface area contributed by atoms with Crippen LogP contribution in [0.5, 0.6) is 0 Å². The van der Waals surface area contributed by atoms with Gasteiger partial charge in [0.25, 0.3) is 0 Å². The number of rotatable bonds is 3. The van der Waals surface area contributed by atoms with Gasteiger partial charge in [-0.1, -0.05) is 61.9 Å². The lowest BCUT2D eigenvalue weighted by Crippen LogP contribution is -2.05. The zero-order chi connectivity index (χ0) is 19.0. The van der Waals surface area contributed by atoms with Crippen LogP contribution in [0.15, 0.2) is 60.7 Å². The van der Waals surface area contributed by atoms with Gasteiger partial charge >= 0.3 is 6.18 Å². The van der Waals surface area contributed by atoms with Gasteiger partial charge in [-0.15, -0.1) is 0 Å². The van der Waals surface area contributed by atoms with Gasteiger partial charge in [0.1, 0.15) is 0 Å². The number of hydrogen-bond donors (Lipinski definition) is 0. The molecule has 0 heterocycles. The van der Waals surface area contributed by atoms with Crippen molar-refractivity contribution in [2.75, 3.05) is 0 Å². The van der Waals surface area contributed by atoms with E-state index in [2.05, 4.69) is 37.3 Å². The van der Waals surface area contributed by atoms with Crippen LogP contribution in [0.25, 0.3) is 22.3 Å². The summed E-state index contributed by atoms with van der Waals surface area (Å²) in [6.07, 6.45) is -0.0731. The van der Waals surface area contributed by atoms with Gasteiger partial charge in [0.05, 0.1) is 5.56 Å². The maximum absolute atomic E-state index is 12.8. The summed E-state index contributed by atoms with van der Waals surface area (Å²) in [4.78, 5) is 0. The van der Waals surface area contributed by atoms with E-state index < -0.39 is 11.7 Å². The van der Waals surface area contributed by atoms with E-state index in [9.17, 15) is 13.2 Å². The predicted molar refractivity (Wildman–Crippen MR) is 104 cm³/mol. The first-order valence-corrected chi connectivity index (χ1v) is 9.38. The predicted octanol–water partition coefficient (Wildman–Crippen LogP) is 7.09. The molecule has 4 rings (SSSR count). The normalized spacial score (nSPS) is 13.2. The molecule has 0 bridgehead atoms. The molecule has 0 radical (unpaired) electrons. The molecular weight excluding hydrogens is 345 g/mol. The Morgan fingerprint density at radius 3 is 1.96 bits per heavy atom. The molecule has 0 atom stereocenters. The van der Waals surface area contributed by atoms with Crippen LogP contribution >= 0.6 is 0 Å². The molecule has 0 spiro atoms. The molecule has 0 saturated carbocycles. The topological polar surface area (TPSA) is 0 Å². The number of hydrogen-bond acceptors (Lipinski definition) is 0. The molecule has 3 heteroatoms. The quantitative estimate of drug-likeness (QED) is 0.464. The van der Waals surface area contributed by atoms with Crippen molar-refractivity contribution in [3.8, 4) is 22.3 Å². The average molecular weight is 366 g/mol. The van der Waals surface area contributed by atoms with Gasteiger partial charge in [-0.2, -0.15) is 13.2 Å². The van der Waals surface area contributed by atoms with Crippen LogP contribution in [0.2, 0.25) is 0 Å². The van der Waals surface area contributed by atoms with Crippen LogP contribution in [-0.2, 0) is 25.4 Å². The molecule has 0 nitrogen and oxygen atoms in total. The second kappa shape index (κ2) is 6.88. The van der Waals surface area contributed by atoms with Crippen LogP contribution in [0, 0.1) is 0 Å². The highest BCUT2D eigenvalue weighted by Crippen LogP contribution is 2.37. The Kier molecular flexibility index (Phi) is 4.55. The fraction of sp³-hybridized carbons (Fsp3) is 0.250. The van der Waals surface area contributed by atoms with E-state index in [-0.39, 0.29) is 0 Å². The SMILES string of the molecule is CCCc1ccc2c(c1)CCc1cc(-c3ccc(C(F)(F)F)cc3)ccc1-2. The molecule has 1 aliphatic rings. The molecule has 138 valence electrons. The first kappa shape index (κ1) is 17.8. The number of aryl methyl sites for hydroxylation is 3. The lowest BCUT2D eigenvalue weighted by atomic mass is 9.83. The van der Waals surface area contributed by atoms with Gasteiger partial charge in [0.15, 0.2) is 0 Å². The third kappa shape index (κ3) is 3.51. The lowest BCUT2D eigenvalue weighted by Gasteiger charge is -2.21. The second-order valence-electron chi connectivity index (χ2n) is 7.19. The van der Waals surface area contributed by atoms with Crippen LogP contribution in [0.3, 0.4) is 0 Å². The van der Waals surface area contributed by atoms with E-state index in [4.69, 9.17) is 0 Å².